The predicted molar refractivity (Wildman–Crippen MR) is 59.6 cm³/mol. The molecule has 1 aromatic rings. The Morgan fingerprint density at radius 3 is 2.56 bits per heavy atom. The fourth-order valence-electron chi connectivity index (χ4n) is 1.49. The van der Waals surface area contributed by atoms with Gasteiger partial charge in [-0.2, -0.15) is 13.2 Å². The van der Waals surface area contributed by atoms with Crippen molar-refractivity contribution in [1.82, 2.24) is 0 Å². The van der Waals surface area contributed by atoms with Crippen LogP contribution in [0.5, 0.6) is 5.75 Å². The lowest BCUT2D eigenvalue weighted by Crippen LogP contribution is -2.20. The second-order valence-corrected chi connectivity index (χ2v) is 3.89. The molecule has 0 spiro atoms. The van der Waals surface area contributed by atoms with E-state index in [9.17, 15) is 18.3 Å². The monoisotopic (exact) mass is 264 g/mol. The van der Waals surface area contributed by atoms with Gasteiger partial charge < -0.3 is 14.6 Å². The summed E-state index contributed by atoms with van der Waals surface area (Å²) in [6.45, 7) is 0.00372. The summed E-state index contributed by atoms with van der Waals surface area (Å²) in [7, 11) is 1.43. The van der Waals surface area contributed by atoms with Crippen molar-refractivity contribution in [3.05, 3.63) is 29.3 Å². The maximum atomic E-state index is 11.9. The van der Waals surface area contributed by atoms with Crippen molar-refractivity contribution in [3.63, 3.8) is 0 Å². The molecule has 0 fully saturated rings. The number of benzene rings is 1. The highest BCUT2D eigenvalue weighted by Crippen LogP contribution is 2.27. The zero-order valence-corrected chi connectivity index (χ0v) is 10.1. The van der Waals surface area contributed by atoms with Crippen LogP contribution in [0.25, 0.3) is 0 Å². The van der Waals surface area contributed by atoms with Crippen molar-refractivity contribution in [2.24, 2.45) is 0 Å². The van der Waals surface area contributed by atoms with E-state index >= 15 is 0 Å². The van der Waals surface area contributed by atoms with E-state index in [1.165, 1.54) is 7.11 Å². The standard InChI is InChI=1S/C12H15F3O3/c1-8-3-4-11(17-2)9(5-8)10(16)6-18-7-12(13,14)15/h3-5,10,16H,6-7H2,1-2H3. The van der Waals surface area contributed by atoms with Crippen molar-refractivity contribution >= 4 is 0 Å². The number of aryl methyl sites for hydroxylation is 1. The molecule has 1 aromatic carbocycles. The average Bonchev–Trinajstić information content (AvgIpc) is 2.27. The molecule has 6 heteroatoms. The van der Waals surface area contributed by atoms with Crippen LogP contribution in [0.2, 0.25) is 0 Å². The molecule has 0 aliphatic heterocycles. The number of rotatable bonds is 5. The fourth-order valence-corrected chi connectivity index (χ4v) is 1.49. The molecule has 0 radical (unpaired) electrons. The summed E-state index contributed by atoms with van der Waals surface area (Å²) >= 11 is 0. The van der Waals surface area contributed by atoms with Gasteiger partial charge in [-0.25, -0.2) is 0 Å². The van der Waals surface area contributed by atoms with Gasteiger partial charge in [0.25, 0.3) is 0 Å². The Morgan fingerprint density at radius 1 is 1.33 bits per heavy atom. The van der Waals surface area contributed by atoms with Gasteiger partial charge in [0.15, 0.2) is 0 Å². The van der Waals surface area contributed by atoms with E-state index in [2.05, 4.69) is 4.74 Å². The Labute approximate surface area is 103 Å². The lowest BCUT2D eigenvalue weighted by Gasteiger charge is -2.16. The Bertz CT molecular complexity index is 391. The molecule has 0 aliphatic carbocycles. The number of methoxy groups -OCH3 is 1. The van der Waals surface area contributed by atoms with Crippen molar-refractivity contribution in [2.45, 2.75) is 19.2 Å². The number of alkyl halides is 3. The quantitative estimate of drug-likeness (QED) is 0.888. The molecule has 1 rings (SSSR count). The first kappa shape index (κ1) is 14.8. The zero-order chi connectivity index (χ0) is 13.8. The van der Waals surface area contributed by atoms with Crippen LogP contribution in [0.3, 0.4) is 0 Å². The van der Waals surface area contributed by atoms with Crippen LogP contribution in [0.15, 0.2) is 18.2 Å². The van der Waals surface area contributed by atoms with Crippen LogP contribution in [0, 0.1) is 6.92 Å². The normalized spacial score (nSPS) is 13.4. The zero-order valence-electron chi connectivity index (χ0n) is 10.1. The van der Waals surface area contributed by atoms with Crippen LogP contribution < -0.4 is 4.74 Å². The van der Waals surface area contributed by atoms with Crippen LogP contribution >= 0.6 is 0 Å². The van der Waals surface area contributed by atoms with E-state index < -0.39 is 25.5 Å². The van der Waals surface area contributed by atoms with Gasteiger partial charge in [0.1, 0.15) is 18.5 Å². The van der Waals surface area contributed by atoms with Crippen molar-refractivity contribution in [3.8, 4) is 5.75 Å². The third-order valence-electron chi connectivity index (χ3n) is 2.29. The summed E-state index contributed by atoms with van der Waals surface area (Å²) in [5.41, 5.74) is 1.29. The first-order valence-corrected chi connectivity index (χ1v) is 5.30. The molecule has 0 saturated carbocycles. The lowest BCUT2D eigenvalue weighted by molar-refractivity contribution is -0.179. The van der Waals surface area contributed by atoms with Gasteiger partial charge in [0, 0.05) is 5.56 Å². The molecular formula is C12H15F3O3. The summed E-state index contributed by atoms with van der Waals surface area (Å²) in [6, 6.07) is 5.09. The van der Waals surface area contributed by atoms with Gasteiger partial charge >= 0.3 is 6.18 Å². The highest BCUT2D eigenvalue weighted by Gasteiger charge is 2.28. The van der Waals surface area contributed by atoms with Gasteiger partial charge in [0.2, 0.25) is 0 Å². The Hall–Kier alpha value is -1.27. The number of halogens is 3. The summed E-state index contributed by atoms with van der Waals surface area (Å²) in [5.74, 6) is 0.420. The summed E-state index contributed by atoms with van der Waals surface area (Å²) in [6.07, 6.45) is -5.54. The fraction of sp³-hybridized carbons (Fsp3) is 0.500. The van der Waals surface area contributed by atoms with E-state index in [0.717, 1.165) is 5.56 Å². The number of hydrogen-bond donors (Lipinski definition) is 1. The van der Waals surface area contributed by atoms with E-state index in [1.807, 2.05) is 6.92 Å². The molecule has 1 atom stereocenters. The smallest absolute Gasteiger partial charge is 0.411 e. The molecule has 1 N–H and O–H groups in total. The Morgan fingerprint density at radius 2 is 2.00 bits per heavy atom. The maximum Gasteiger partial charge on any atom is 0.411 e. The minimum atomic E-state index is -4.39. The van der Waals surface area contributed by atoms with E-state index in [1.54, 1.807) is 18.2 Å². The summed E-state index contributed by atoms with van der Waals surface area (Å²) in [4.78, 5) is 0. The first-order chi connectivity index (χ1) is 8.33. The lowest BCUT2D eigenvalue weighted by atomic mass is 10.1. The van der Waals surface area contributed by atoms with Gasteiger partial charge in [-0.05, 0) is 19.1 Å². The molecule has 0 saturated heterocycles. The molecule has 1 unspecified atom stereocenters. The van der Waals surface area contributed by atoms with Crippen LogP contribution in [-0.4, -0.2) is 31.6 Å². The van der Waals surface area contributed by atoms with E-state index in [4.69, 9.17) is 4.74 Å². The van der Waals surface area contributed by atoms with Crippen LogP contribution in [0.1, 0.15) is 17.2 Å². The highest BCUT2D eigenvalue weighted by atomic mass is 19.4. The second-order valence-electron chi connectivity index (χ2n) is 3.89. The molecule has 0 heterocycles. The van der Waals surface area contributed by atoms with E-state index in [-0.39, 0.29) is 0 Å². The molecule has 102 valence electrons. The van der Waals surface area contributed by atoms with Crippen molar-refractivity contribution in [1.29, 1.82) is 0 Å². The summed E-state index contributed by atoms with van der Waals surface area (Å²) in [5, 5.41) is 9.78. The molecule has 3 nitrogen and oxygen atoms in total. The second kappa shape index (κ2) is 6.06. The third kappa shape index (κ3) is 4.54. The molecule has 0 aliphatic rings. The minimum Gasteiger partial charge on any atom is -0.496 e. The molecule has 18 heavy (non-hydrogen) atoms. The SMILES string of the molecule is COc1ccc(C)cc1C(O)COCC(F)(F)F. The average molecular weight is 264 g/mol. The molecule has 0 amide bonds. The number of ether oxygens (including phenoxy) is 2. The first-order valence-electron chi connectivity index (χ1n) is 5.30. The van der Waals surface area contributed by atoms with Crippen molar-refractivity contribution in [2.75, 3.05) is 20.3 Å². The van der Waals surface area contributed by atoms with Gasteiger partial charge in [-0.15, -0.1) is 0 Å². The topological polar surface area (TPSA) is 38.7 Å². The van der Waals surface area contributed by atoms with Gasteiger partial charge in [-0.3, -0.25) is 0 Å². The summed E-state index contributed by atoms with van der Waals surface area (Å²) < 4.78 is 45.1. The molecule has 0 bridgehead atoms. The maximum absolute atomic E-state index is 11.9. The van der Waals surface area contributed by atoms with E-state index in [0.29, 0.717) is 11.3 Å². The Balaban J connectivity index is 2.66. The number of aliphatic hydroxyl groups is 1. The van der Waals surface area contributed by atoms with Crippen molar-refractivity contribution < 1.29 is 27.8 Å². The highest BCUT2D eigenvalue weighted by molar-refractivity contribution is 5.38. The molecule has 0 aromatic heterocycles. The predicted octanol–water partition coefficient (Wildman–Crippen LogP) is 2.62. The van der Waals surface area contributed by atoms with Gasteiger partial charge in [-0.1, -0.05) is 11.6 Å². The molecular weight excluding hydrogens is 249 g/mol. The minimum absolute atomic E-state index is 0.416. The van der Waals surface area contributed by atoms with Crippen LogP contribution in [0.4, 0.5) is 13.2 Å². The van der Waals surface area contributed by atoms with Gasteiger partial charge in [0.05, 0.1) is 13.7 Å². The third-order valence-corrected chi connectivity index (χ3v) is 2.29. The largest absolute Gasteiger partial charge is 0.496 e. The Kier molecular flexibility index (Phi) is 4.98. The number of hydrogen-bond acceptors (Lipinski definition) is 3. The number of aliphatic hydroxyl groups excluding tert-OH is 1. The van der Waals surface area contributed by atoms with Crippen LogP contribution in [-0.2, 0) is 4.74 Å².